The van der Waals surface area contributed by atoms with Gasteiger partial charge < -0.3 is 13.9 Å². The van der Waals surface area contributed by atoms with Crippen LogP contribution in [0, 0.1) is 11.8 Å². The molecule has 0 aliphatic carbocycles. The molecule has 0 saturated heterocycles. The molecule has 0 aromatic rings. The molecule has 3 atom stereocenters. The van der Waals surface area contributed by atoms with Crippen LogP contribution in [0.3, 0.4) is 0 Å². The molecule has 0 aromatic heterocycles. The predicted molar refractivity (Wildman–Crippen MR) is 253 cm³/mol. The molecule has 0 saturated carbocycles. The minimum absolute atomic E-state index is 0.504. The molecule has 0 bridgehead atoms. The number of quaternary nitrogens is 1. The first-order chi connectivity index (χ1) is 26.2. The summed E-state index contributed by atoms with van der Waals surface area (Å²) in [5, 5.41) is 0. The van der Waals surface area contributed by atoms with Crippen LogP contribution in [0.4, 0.5) is 0 Å². The molecule has 0 radical (unpaired) electrons. The third-order valence-electron chi connectivity index (χ3n) is 12.0. The lowest BCUT2D eigenvalue weighted by Gasteiger charge is -2.40. The van der Waals surface area contributed by atoms with Crippen molar-refractivity contribution in [2.75, 3.05) is 38.5 Å². The van der Waals surface area contributed by atoms with Gasteiger partial charge in [-0.05, 0) is 76.0 Å². The van der Waals surface area contributed by atoms with Crippen molar-refractivity contribution in [2.24, 2.45) is 11.8 Å². The highest BCUT2D eigenvalue weighted by atomic mass is 32.9. The molecular weight excluding hydrogens is 718 g/mol. The third-order valence-corrected chi connectivity index (χ3v) is 16.3. The van der Waals surface area contributed by atoms with Crippen molar-refractivity contribution in [1.82, 2.24) is 0 Å². The van der Waals surface area contributed by atoms with Gasteiger partial charge in [0.1, 0.15) is 0 Å². The largest absolute Gasteiger partial charge is 0.793 e. The highest BCUT2D eigenvalue weighted by molar-refractivity contribution is 8.67. The van der Waals surface area contributed by atoms with Gasteiger partial charge in [0.25, 0.3) is 0 Å². The molecule has 3 unspecified atom stereocenters. The average molecular weight is 820 g/mol. The second kappa shape index (κ2) is 43.5. The fraction of sp³-hybridized carbons (Fsp3) is 1.00. The first-order valence-corrected chi connectivity index (χ1v) is 28.9. The third kappa shape index (κ3) is 38.4. The Bertz CT molecular complexity index is 675. The molecule has 0 aliphatic rings. The van der Waals surface area contributed by atoms with Crippen molar-refractivity contribution >= 4 is 28.9 Å². The molecule has 0 rings (SSSR count). The molecule has 3 nitrogen and oxygen atoms in total. The summed E-state index contributed by atoms with van der Waals surface area (Å²) in [6, 6.07) is 0. The first-order valence-electron chi connectivity index (χ1n) is 24.7. The molecule has 0 fully saturated rings. The average Bonchev–Trinajstić information content (AvgIpc) is 3.17. The van der Waals surface area contributed by atoms with Crippen molar-refractivity contribution in [1.29, 1.82) is 0 Å². The molecule has 0 aliphatic heterocycles. The SMILES string of the molecule is CCCCC(CC)COP([O-])(=S)SCC(CC)CCCC.CCCCCCCC[N+](CCCCCCCC)(CCCCCCCC)CCCCCCCC. The Hall–Kier alpha value is 0.880. The number of unbranched alkanes of at least 4 members (excludes halogenated alkanes) is 22. The Labute approximate surface area is 352 Å². The molecule has 6 heteroatoms. The first kappa shape index (κ1) is 57.0. The molecule has 328 valence electrons. The normalized spacial score (nSPS) is 14.1. The maximum Gasteiger partial charge on any atom is 0.0786 e. The van der Waals surface area contributed by atoms with Gasteiger partial charge in [0.15, 0.2) is 0 Å². The van der Waals surface area contributed by atoms with Gasteiger partial charge in [-0.1, -0.05) is 208 Å². The molecule has 54 heavy (non-hydrogen) atoms. The van der Waals surface area contributed by atoms with E-state index in [0.29, 0.717) is 18.4 Å². The standard InChI is InChI=1S/C32H68N.C16H35O2PS2/c1-5-9-13-17-21-25-29-33(30-26-22-18-14-10-6-2,31-27-23-19-15-11-7-3)32-28-24-20-16-12-8-4;1-5-9-11-15(7-3)13-18-19(17,20)21-14-16(8-4)12-10-6-2/h5-32H2,1-4H3;15-16H,5-14H2,1-4H3,(H,17,20)/q+1;/p-1. The van der Waals surface area contributed by atoms with Crippen LogP contribution < -0.4 is 4.89 Å². The summed E-state index contributed by atoms with van der Waals surface area (Å²) in [6.07, 6.45) is 44.2. The van der Waals surface area contributed by atoms with E-state index in [1.165, 1.54) is 228 Å². The van der Waals surface area contributed by atoms with Crippen LogP contribution in [0.15, 0.2) is 0 Å². The van der Waals surface area contributed by atoms with Gasteiger partial charge in [0, 0.05) is 11.4 Å². The lowest BCUT2D eigenvalue weighted by molar-refractivity contribution is -0.929. The summed E-state index contributed by atoms with van der Waals surface area (Å²) >= 11 is 6.58. The van der Waals surface area contributed by atoms with Crippen molar-refractivity contribution in [2.45, 2.75) is 261 Å². The van der Waals surface area contributed by atoms with Crippen LogP contribution in [-0.4, -0.2) is 43.0 Å². The van der Waals surface area contributed by atoms with E-state index in [0.717, 1.165) is 25.0 Å². The van der Waals surface area contributed by atoms with E-state index in [4.69, 9.17) is 16.3 Å². The van der Waals surface area contributed by atoms with E-state index in [1.807, 2.05) is 0 Å². The lowest BCUT2D eigenvalue weighted by atomic mass is 10.0. The van der Waals surface area contributed by atoms with Gasteiger partial charge in [0.2, 0.25) is 0 Å². The Balaban J connectivity index is 0. The second-order valence-electron chi connectivity index (χ2n) is 17.2. The maximum atomic E-state index is 12.4. The van der Waals surface area contributed by atoms with Crippen LogP contribution in [-0.2, 0) is 16.3 Å². The Morgan fingerprint density at radius 2 is 0.741 bits per heavy atom. The molecule has 0 amide bonds. The van der Waals surface area contributed by atoms with Gasteiger partial charge in [-0.15, -0.1) is 11.4 Å². The minimum atomic E-state index is -2.89. The summed E-state index contributed by atoms with van der Waals surface area (Å²) in [5.41, 5.74) is -2.89. The van der Waals surface area contributed by atoms with Crippen LogP contribution in [0.25, 0.3) is 0 Å². The number of hydrogen-bond donors (Lipinski definition) is 0. The van der Waals surface area contributed by atoms with Crippen molar-refractivity contribution in [3.05, 3.63) is 0 Å². The van der Waals surface area contributed by atoms with Crippen LogP contribution in [0.2, 0.25) is 0 Å². The molecule has 0 spiro atoms. The topological polar surface area (TPSA) is 32.3 Å². The van der Waals surface area contributed by atoms with Gasteiger partial charge in [-0.3, -0.25) is 0 Å². The quantitative estimate of drug-likeness (QED) is 0.0349. The number of rotatable bonds is 42. The second-order valence-corrected chi connectivity index (χ2v) is 23.3. The molecule has 0 aromatic carbocycles. The van der Waals surface area contributed by atoms with Crippen molar-refractivity contribution in [3.63, 3.8) is 0 Å². The molecule has 0 heterocycles. The Kier molecular flexibility index (Phi) is 45.9. The summed E-state index contributed by atoms with van der Waals surface area (Å²) in [5.74, 6) is 2.00. The van der Waals surface area contributed by atoms with E-state index < -0.39 is 5.69 Å². The summed E-state index contributed by atoms with van der Waals surface area (Å²) in [4.78, 5) is 12.4. The Morgan fingerprint density at radius 1 is 0.444 bits per heavy atom. The Morgan fingerprint density at radius 3 is 1.06 bits per heavy atom. The number of hydrogen-bond acceptors (Lipinski definition) is 4. The predicted octanol–water partition coefficient (Wildman–Crippen LogP) is 17.0. The minimum Gasteiger partial charge on any atom is -0.793 e. The van der Waals surface area contributed by atoms with Gasteiger partial charge >= 0.3 is 0 Å². The summed E-state index contributed by atoms with van der Waals surface area (Å²) in [6.45, 7) is 24.6. The molecular formula is C48H102NO2PS2. The smallest absolute Gasteiger partial charge is 0.0786 e. The van der Waals surface area contributed by atoms with E-state index in [1.54, 1.807) is 0 Å². The maximum absolute atomic E-state index is 12.4. The summed E-state index contributed by atoms with van der Waals surface area (Å²) < 4.78 is 7.09. The fourth-order valence-electron chi connectivity index (χ4n) is 7.81. The van der Waals surface area contributed by atoms with Gasteiger partial charge in [-0.25, -0.2) is 0 Å². The van der Waals surface area contributed by atoms with Crippen molar-refractivity contribution in [3.8, 4) is 0 Å². The van der Waals surface area contributed by atoms with Crippen molar-refractivity contribution < 1.29 is 13.9 Å². The zero-order valence-electron chi connectivity index (χ0n) is 38.6. The van der Waals surface area contributed by atoms with E-state index >= 15 is 0 Å². The fourth-order valence-corrected chi connectivity index (χ4v) is 11.4. The summed E-state index contributed by atoms with van der Waals surface area (Å²) in [7, 11) is 0. The van der Waals surface area contributed by atoms with E-state index in [9.17, 15) is 4.89 Å². The zero-order valence-corrected chi connectivity index (χ0v) is 41.1. The van der Waals surface area contributed by atoms with Gasteiger partial charge in [0.05, 0.1) is 32.8 Å². The van der Waals surface area contributed by atoms with E-state index in [-0.39, 0.29) is 0 Å². The highest BCUT2D eigenvalue weighted by Crippen LogP contribution is 2.53. The van der Waals surface area contributed by atoms with Crippen LogP contribution in [0.5, 0.6) is 0 Å². The van der Waals surface area contributed by atoms with Crippen LogP contribution in [0.1, 0.15) is 261 Å². The number of nitrogens with zero attached hydrogens (tertiary/aromatic N) is 1. The monoisotopic (exact) mass is 820 g/mol. The van der Waals surface area contributed by atoms with Gasteiger partial charge in [-0.2, -0.15) is 0 Å². The van der Waals surface area contributed by atoms with Crippen LogP contribution >= 0.6 is 17.1 Å². The molecule has 0 N–H and O–H groups in total. The zero-order chi connectivity index (χ0) is 40.4. The van der Waals surface area contributed by atoms with E-state index in [2.05, 4.69) is 55.4 Å². The lowest BCUT2D eigenvalue weighted by Crippen LogP contribution is -2.50. The highest BCUT2D eigenvalue weighted by Gasteiger charge is 2.25.